The maximum Gasteiger partial charge on any atom is 0.223 e. The first-order valence-corrected chi connectivity index (χ1v) is 6.44. The van der Waals surface area contributed by atoms with Crippen LogP contribution in [0.2, 0.25) is 0 Å². The second-order valence-corrected chi connectivity index (χ2v) is 4.46. The van der Waals surface area contributed by atoms with Gasteiger partial charge in [0.2, 0.25) is 5.95 Å². The summed E-state index contributed by atoms with van der Waals surface area (Å²) in [7, 11) is 1.67. The van der Waals surface area contributed by atoms with Crippen LogP contribution in [0.25, 0.3) is 10.9 Å². The van der Waals surface area contributed by atoms with Crippen LogP contribution in [-0.4, -0.2) is 17.1 Å². The fourth-order valence-corrected chi connectivity index (χ4v) is 2.02. The second kappa shape index (κ2) is 5.57. The summed E-state index contributed by atoms with van der Waals surface area (Å²) < 4.78 is 5.21. The molecule has 3 aromatic rings. The maximum absolute atomic E-state index is 5.21. The minimum Gasteiger partial charge on any atom is -0.497 e. The molecule has 2 aromatic carbocycles. The molecule has 0 aliphatic carbocycles. The molecule has 0 saturated heterocycles. The Balaban J connectivity index is 1.76. The number of para-hydroxylation sites is 1. The number of hydrogen-bond donors (Lipinski definition) is 1. The van der Waals surface area contributed by atoms with Gasteiger partial charge in [0.1, 0.15) is 5.75 Å². The predicted molar refractivity (Wildman–Crippen MR) is 79.9 cm³/mol. The van der Waals surface area contributed by atoms with Gasteiger partial charge in [0.15, 0.2) is 0 Å². The molecule has 20 heavy (non-hydrogen) atoms. The summed E-state index contributed by atoms with van der Waals surface area (Å²) in [6, 6.07) is 15.9. The topological polar surface area (TPSA) is 47.0 Å². The van der Waals surface area contributed by atoms with E-state index in [1.54, 1.807) is 7.11 Å². The Morgan fingerprint density at radius 1 is 1.10 bits per heavy atom. The number of hydrogen-bond acceptors (Lipinski definition) is 4. The lowest BCUT2D eigenvalue weighted by molar-refractivity contribution is 0.414. The van der Waals surface area contributed by atoms with Crippen molar-refractivity contribution in [1.82, 2.24) is 9.97 Å². The lowest BCUT2D eigenvalue weighted by Gasteiger charge is -2.07. The summed E-state index contributed by atoms with van der Waals surface area (Å²) in [5.41, 5.74) is 2.07. The fraction of sp³-hybridized carbons (Fsp3) is 0.125. The van der Waals surface area contributed by atoms with E-state index in [0.29, 0.717) is 12.5 Å². The highest BCUT2D eigenvalue weighted by Crippen LogP contribution is 2.15. The Kier molecular flexibility index (Phi) is 3.46. The molecule has 1 aromatic heterocycles. The zero-order chi connectivity index (χ0) is 13.8. The highest BCUT2D eigenvalue weighted by molar-refractivity contribution is 5.78. The van der Waals surface area contributed by atoms with Crippen molar-refractivity contribution in [1.29, 1.82) is 0 Å². The number of methoxy groups -OCH3 is 1. The number of nitrogens with zero attached hydrogens (tertiary/aromatic N) is 2. The molecule has 0 radical (unpaired) electrons. The molecule has 4 heteroatoms. The van der Waals surface area contributed by atoms with Crippen LogP contribution < -0.4 is 10.1 Å². The monoisotopic (exact) mass is 265 g/mol. The van der Waals surface area contributed by atoms with Crippen LogP contribution in [0.5, 0.6) is 5.75 Å². The van der Waals surface area contributed by atoms with E-state index >= 15 is 0 Å². The van der Waals surface area contributed by atoms with Crippen molar-refractivity contribution in [3.8, 4) is 5.75 Å². The smallest absolute Gasteiger partial charge is 0.223 e. The van der Waals surface area contributed by atoms with Gasteiger partial charge in [0, 0.05) is 18.1 Å². The predicted octanol–water partition coefficient (Wildman–Crippen LogP) is 3.25. The molecule has 0 saturated carbocycles. The van der Waals surface area contributed by atoms with Crippen molar-refractivity contribution in [2.75, 3.05) is 12.4 Å². The molecule has 0 atom stereocenters. The maximum atomic E-state index is 5.21. The van der Waals surface area contributed by atoms with E-state index in [9.17, 15) is 0 Å². The highest BCUT2D eigenvalue weighted by atomic mass is 16.5. The van der Waals surface area contributed by atoms with Gasteiger partial charge < -0.3 is 10.1 Å². The molecule has 0 aliphatic rings. The summed E-state index contributed by atoms with van der Waals surface area (Å²) in [5, 5.41) is 4.27. The quantitative estimate of drug-likeness (QED) is 0.786. The summed E-state index contributed by atoms with van der Waals surface area (Å²) in [6.07, 6.45) is 1.83. The van der Waals surface area contributed by atoms with Gasteiger partial charge in [-0.1, -0.05) is 30.3 Å². The van der Waals surface area contributed by atoms with Crippen molar-refractivity contribution in [2.45, 2.75) is 6.54 Å². The normalized spacial score (nSPS) is 10.4. The first-order valence-electron chi connectivity index (χ1n) is 6.44. The van der Waals surface area contributed by atoms with E-state index < -0.39 is 0 Å². The van der Waals surface area contributed by atoms with Gasteiger partial charge in [0.05, 0.1) is 12.6 Å². The van der Waals surface area contributed by atoms with Gasteiger partial charge in [-0.25, -0.2) is 9.97 Å². The number of aromatic nitrogens is 2. The third-order valence-corrected chi connectivity index (χ3v) is 3.07. The van der Waals surface area contributed by atoms with Gasteiger partial charge >= 0.3 is 0 Å². The first kappa shape index (κ1) is 12.4. The third-order valence-electron chi connectivity index (χ3n) is 3.07. The Labute approximate surface area is 117 Å². The van der Waals surface area contributed by atoms with Crippen LogP contribution in [0, 0.1) is 0 Å². The minimum atomic E-state index is 0.631. The Morgan fingerprint density at radius 3 is 2.90 bits per heavy atom. The molecule has 0 spiro atoms. The van der Waals surface area contributed by atoms with Crippen molar-refractivity contribution >= 4 is 16.9 Å². The van der Waals surface area contributed by atoms with Crippen molar-refractivity contribution in [3.63, 3.8) is 0 Å². The van der Waals surface area contributed by atoms with Gasteiger partial charge in [-0.3, -0.25) is 0 Å². The lowest BCUT2D eigenvalue weighted by atomic mass is 10.2. The molecule has 0 unspecified atom stereocenters. The van der Waals surface area contributed by atoms with Gasteiger partial charge in [0.25, 0.3) is 0 Å². The van der Waals surface area contributed by atoms with Crippen LogP contribution in [0.15, 0.2) is 54.7 Å². The molecule has 3 rings (SSSR count). The van der Waals surface area contributed by atoms with Gasteiger partial charge in [-0.05, 0) is 23.8 Å². The van der Waals surface area contributed by atoms with E-state index in [4.69, 9.17) is 4.74 Å². The summed E-state index contributed by atoms with van der Waals surface area (Å²) in [5.74, 6) is 1.48. The number of nitrogens with one attached hydrogen (secondary N) is 1. The van der Waals surface area contributed by atoms with Crippen molar-refractivity contribution in [3.05, 3.63) is 60.3 Å². The second-order valence-electron chi connectivity index (χ2n) is 4.46. The van der Waals surface area contributed by atoms with Gasteiger partial charge in [-0.15, -0.1) is 0 Å². The van der Waals surface area contributed by atoms with Crippen LogP contribution >= 0.6 is 0 Å². The standard InChI is InChI=1S/C16H15N3O/c1-20-14-7-4-5-12(9-14)10-17-16-18-11-13-6-2-3-8-15(13)19-16/h2-9,11H,10H2,1H3,(H,17,18,19). The SMILES string of the molecule is COc1cccc(CNc2ncc3ccccc3n2)c1. The molecule has 1 N–H and O–H groups in total. The van der Waals surface area contributed by atoms with Crippen molar-refractivity contribution < 1.29 is 4.74 Å². The Bertz CT molecular complexity index is 727. The average Bonchev–Trinajstić information content (AvgIpc) is 2.53. The largest absolute Gasteiger partial charge is 0.497 e. The third kappa shape index (κ3) is 2.69. The Morgan fingerprint density at radius 2 is 2.00 bits per heavy atom. The van der Waals surface area contributed by atoms with E-state index in [2.05, 4.69) is 15.3 Å². The first-order chi connectivity index (χ1) is 9.85. The molecule has 0 bridgehead atoms. The molecule has 0 aliphatic heterocycles. The average molecular weight is 265 g/mol. The Hall–Kier alpha value is -2.62. The van der Waals surface area contributed by atoms with E-state index in [1.165, 1.54) is 0 Å². The lowest BCUT2D eigenvalue weighted by Crippen LogP contribution is -2.03. The number of benzene rings is 2. The molecular formula is C16H15N3O. The molecule has 1 heterocycles. The van der Waals surface area contributed by atoms with Crippen LogP contribution in [0.4, 0.5) is 5.95 Å². The summed E-state index contributed by atoms with van der Waals surface area (Å²) in [6.45, 7) is 0.662. The zero-order valence-electron chi connectivity index (χ0n) is 11.2. The highest BCUT2D eigenvalue weighted by Gasteiger charge is 2.00. The van der Waals surface area contributed by atoms with Crippen LogP contribution in [-0.2, 0) is 6.54 Å². The summed E-state index contributed by atoms with van der Waals surface area (Å²) >= 11 is 0. The molecule has 100 valence electrons. The number of anilines is 1. The summed E-state index contributed by atoms with van der Waals surface area (Å²) in [4.78, 5) is 8.79. The molecule has 4 nitrogen and oxygen atoms in total. The minimum absolute atomic E-state index is 0.631. The van der Waals surface area contributed by atoms with Gasteiger partial charge in [-0.2, -0.15) is 0 Å². The van der Waals surface area contributed by atoms with E-state index in [-0.39, 0.29) is 0 Å². The zero-order valence-corrected chi connectivity index (χ0v) is 11.2. The molecule has 0 fully saturated rings. The van der Waals surface area contributed by atoms with Crippen molar-refractivity contribution in [2.24, 2.45) is 0 Å². The number of fused-ring (bicyclic) bond motifs is 1. The van der Waals surface area contributed by atoms with Crippen LogP contribution in [0.3, 0.4) is 0 Å². The van der Waals surface area contributed by atoms with E-state index in [0.717, 1.165) is 22.2 Å². The number of ether oxygens (including phenoxy) is 1. The van der Waals surface area contributed by atoms with E-state index in [1.807, 2.05) is 54.7 Å². The molecular weight excluding hydrogens is 250 g/mol. The fourth-order valence-electron chi connectivity index (χ4n) is 2.02. The molecule has 0 amide bonds. The number of rotatable bonds is 4. The van der Waals surface area contributed by atoms with Crippen LogP contribution in [0.1, 0.15) is 5.56 Å².